The summed E-state index contributed by atoms with van der Waals surface area (Å²) in [6.45, 7) is 9.32. The van der Waals surface area contributed by atoms with Gasteiger partial charge in [-0.05, 0) is 26.8 Å². The highest BCUT2D eigenvalue weighted by molar-refractivity contribution is 7.48. The zero-order valence-corrected chi connectivity index (χ0v) is 9.75. The topological polar surface area (TPSA) is 44.8 Å². The van der Waals surface area contributed by atoms with Gasteiger partial charge in [0.1, 0.15) is 5.76 Å². The minimum atomic E-state index is -3.46. The van der Waals surface area contributed by atoms with E-state index in [1.807, 2.05) is 0 Å². The van der Waals surface area contributed by atoms with Crippen molar-refractivity contribution in [2.45, 2.75) is 20.8 Å². The van der Waals surface area contributed by atoms with Gasteiger partial charge in [0.2, 0.25) is 0 Å². The normalized spacial score (nSPS) is 11.9. The van der Waals surface area contributed by atoms with Crippen molar-refractivity contribution in [3.63, 3.8) is 0 Å². The van der Waals surface area contributed by atoms with Crippen molar-refractivity contribution < 1.29 is 18.1 Å². The van der Waals surface area contributed by atoms with Crippen LogP contribution in [0.4, 0.5) is 0 Å². The van der Waals surface area contributed by atoms with Crippen molar-refractivity contribution in [1.82, 2.24) is 0 Å². The number of rotatable bonds is 7. The average molecular weight is 220 g/mol. The monoisotopic (exact) mass is 220 g/mol. The molecule has 0 rings (SSSR count). The van der Waals surface area contributed by atoms with Crippen LogP contribution in [0.15, 0.2) is 24.5 Å². The molecule has 0 spiro atoms. The largest absolute Gasteiger partial charge is 0.530 e. The van der Waals surface area contributed by atoms with Crippen LogP contribution in [0.2, 0.25) is 0 Å². The summed E-state index contributed by atoms with van der Waals surface area (Å²) in [5.74, 6) is 0.262. The van der Waals surface area contributed by atoms with E-state index in [0.717, 1.165) is 0 Å². The Hall–Kier alpha value is -0.570. The number of hydrogen-bond donors (Lipinski definition) is 0. The van der Waals surface area contributed by atoms with Crippen LogP contribution in [0.5, 0.6) is 0 Å². The molecule has 0 aliphatic carbocycles. The number of allylic oxidation sites excluding steroid dienone is 2. The molecule has 5 heteroatoms. The van der Waals surface area contributed by atoms with E-state index in [1.165, 1.54) is 0 Å². The van der Waals surface area contributed by atoms with Crippen molar-refractivity contribution in [1.29, 1.82) is 0 Å². The lowest BCUT2D eigenvalue weighted by Gasteiger charge is -2.16. The van der Waals surface area contributed by atoms with Gasteiger partial charge in [0.15, 0.2) is 0 Å². The van der Waals surface area contributed by atoms with E-state index in [2.05, 4.69) is 6.58 Å². The molecular formula is C9H17O4P. The van der Waals surface area contributed by atoms with Crippen LogP contribution in [0.25, 0.3) is 0 Å². The minimum Gasteiger partial charge on any atom is -0.405 e. The molecule has 0 unspecified atom stereocenters. The van der Waals surface area contributed by atoms with Crippen LogP contribution in [0.3, 0.4) is 0 Å². The van der Waals surface area contributed by atoms with Crippen LogP contribution < -0.4 is 0 Å². The molecule has 0 saturated heterocycles. The summed E-state index contributed by atoms with van der Waals surface area (Å²) in [7, 11) is -3.46. The fourth-order valence-electron chi connectivity index (χ4n) is 0.766. The summed E-state index contributed by atoms with van der Waals surface area (Å²) >= 11 is 0. The fraction of sp³-hybridized carbons (Fsp3) is 0.556. The highest BCUT2D eigenvalue weighted by atomic mass is 31.2. The Morgan fingerprint density at radius 1 is 1.36 bits per heavy atom. The number of phosphoric acid groups is 1. The zero-order chi connectivity index (χ0) is 11.0. The maximum atomic E-state index is 11.7. The van der Waals surface area contributed by atoms with Crippen molar-refractivity contribution in [2.75, 3.05) is 13.2 Å². The van der Waals surface area contributed by atoms with Gasteiger partial charge >= 0.3 is 7.82 Å². The molecule has 0 heterocycles. The van der Waals surface area contributed by atoms with Gasteiger partial charge in [-0.3, -0.25) is 9.05 Å². The summed E-state index contributed by atoms with van der Waals surface area (Å²) in [6.07, 6.45) is 3.31. The zero-order valence-electron chi connectivity index (χ0n) is 8.86. The molecule has 14 heavy (non-hydrogen) atoms. The second kappa shape index (κ2) is 6.82. The van der Waals surface area contributed by atoms with Crippen molar-refractivity contribution >= 4 is 7.82 Å². The van der Waals surface area contributed by atoms with Gasteiger partial charge < -0.3 is 4.52 Å². The van der Waals surface area contributed by atoms with E-state index in [1.54, 1.807) is 32.9 Å². The SMILES string of the molecule is C=C(/C=C/C)OP(=O)(OCC)OCC. The summed E-state index contributed by atoms with van der Waals surface area (Å²) in [5, 5.41) is 0. The summed E-state index contributed by atoms with van der Waals surface area (Å²) in [5.41, 5.74) is 0. The molecule has 82 valence electrons. The lowest BCUT2D eigenvalue weighted by atomic mass is 10.5. The highest BCUT2D eigenvalue weighted by Gasteiger charge is 2.26. The molecule has 0 aliphatic rings. The lowest BCUT2D eigenvalue weighted by Crippen LogP contribution is -1.98. The number of phosphoric ester groups is 1. The Morgan fingerprint density at radius 2 is 1.86 bits per heavy atom. The van der Waals surface area contributed by atoms with Gasteiger partial charge in [0, 0.05) is 0 Å². The van der Waals surface area contributed by atoms with Crippen LogP contribution in [0, 0.1) is 0 Å². The standard InChI is InChI=1S/C9H17O4P/c1-5-8-9(4)13-14(10,11-6-2)12-7-3/h5,8H,4,6-7H2,1-3H3/b8-5+. The van der Waals surface area contributed by atoms with Crippen LogP contribution >= 0.6 is 7.82 Å². The molecule has 0 aromatic rings. The minimum absolute atomic E-state index is 0.262. The Labute approximate surface area is 85.2 Å². The van der Waals surface area contributed by atoms with Gasteiger partial charge in [-0.1, -0.05) is 12.7 Å². The summed E-state index contributed by atoms with van der Waals surface area (Å²) < 4.78 is 26.5. The van der Waals surface area contributed by atoms with Gasteiger partial charge in [-0.15, -0.1) is 0 Å². The predicted octanol–water partition coefficient (Wildman–Crippen LogP) is 3.27. The van der Waals surface area contributed by atoms with Crippen LogP contribution in [-0.4, -0.2) is 13.2 Å². The predicted molar refractivity (Wildman–Crippen MR) is 55.9 cm³/mol. The van der Waals surface area contributed by atoms with E-state index in [-0.39, 0.29) is 19.0 Å². The third-order valence-electron chi connectivity index (χ3n) is 1.16. The van der Waals surface area contributed by atoms with Crippen LogP contribution in [0.1, 0.15) is 20.8 Å². The molecule has 0 fully saturated rings. The third kappa shape index (κ3) is 5.22. The number of hydrogen-bond acceptors (Lipinski definition) is 4. The Morgan fingerprint density at radius 3 is 2.21 bits per heavy atom. The van der Waals surface area contributed by atoms with Crippen molar-refractivity contribution in [2.24, 2.45) is 0 Å². The first-order chi connectivity index (χ1) is 6.58. The Kier molecular flexibility index (Phi) is 6.54. The fourth-order valence-corrected chi connectivity index (χ4v) is 1.93. The maximum absolute atomic E-state index is 11.7. The molecule has 0 aromatic carbocycles. The van der Waals surface area contributed by atoms with E-state index in [0.29, 0.717) is 0 Å². The van der Waals surface area contributed by atoms with Crippen LogP contribution in [-0.2, 0) is 18.1 Å². The molecule has 0 aromatic heterocycles. The summed E-state index contributed by atoms with van der Waals surface area (Å²) in [6, 6.07) is 0. The third-order valence-corrected chi connectivity index (χ3v) is 2.76. The molecule has 0 aliphatic heterocycles. The second-order valence-electron chi connectivity index (χ2n) is 2.34. The molecule has 0 radical (unpaired) electrons. The molecule has 0 bridgehead atoms. The first-order valence-electron chi connectivity index (χ1n) is 4.48. The lowest BCUT2D eigenvalue weighted by molar-refractivity contribution is 0.148. The average Bonchev–Trinajstić information content (AvgIpc) is 2.04. The summed E-state index contributed by atoms with van der Waals surface area (Å²) in [4.78, 5) is 0. The van der Waals surface area contributed by atoms with Gasteiger partial charge in [0.25, 0.3) is 0 Å². The van der Waals surface area contributed by atoms with E-state index >= 15 is 0 Å². The van der Waals surface area contributed by atoms with E-state index in [4.69, 9.17) is 13.6 Å². The molecule has 0 atom stereocenters. The highest BCUT2D eigenvalue weighted by Crippen LogP contribution is 2.50. The van der Waals surface area contributed by atoms with E-state index in [9.17, 15) is 4.57 Å². The van der Waals surface area contributed by atoms with E-state index < -0.39 is 7.82 Å². The van der Waals surface area contributed by atoms with Gasteiger partial charge in [0.05, 0.1) is 13.2 Å². The quantitative estimate of drug-likeness (QED) is 0.375. The molecule has 0 saturated carbocycles. The first kappa shape index (κ1) is 13.4. The maximum Gasteiger partial charge on any atom is 0.530 e. The smallest absolute Gasteiger partial charge is 0.405 e. The second-order valence-corrected chi connectivity index (χ2v) is 3.93. The molecular weight excluding hydrogens is 203 g/mol. The molecule has 4 nitrogen and oxygen atoms in total. The Balaban J connectivity index is 4.35. The Bertz CT molecular complexity index is 237. The molecule has 0 N–H and O–H groups in total. The first-order valence-corrected chi connectivity index (χ1v) is 5.94. The van der Waals surface area contributed by atoms with Crippen molar-refractivity contribution in [3.8, 4) is 0 Å². The molecule has 0 amide bonds. The van der Waals surface area contributed by atoms with Gasteiger partial charge in [-0.25, -0.2) is 4.57 Å². The van der Waals surface area contributed by atoms with Gasteiger partial charge in [-0.2, -0.15) is 0 Å². The van der Waals surface area contributed by atoms with Crippen molar-refractivity contribution in [3.05, 3.63) is 24.5 Å².